The number of anilines is 1. The van der Waals surface area contributed by atoms with Crippen LogP contribution in [0.3, 0.4) is 0 Å². The van der Waals surface area contributed by atoms with Crippen LogP contribution in [0.4, 0.5) is 5.69 Å². The number of nitrogens with one attached hydrogen (secondary N) is 2. The Morgan fingerprint density at radius 2 is 1.92 bits per heavy atom. The number of hydrogen-bond acceptors (Lipinski definition) is 3. The van der Waals surface area contributed by atoms with Gasteiger partial charge in [-0.2, -0.15) is 0 Å². The Labute approximate surface area is 144 Å². The molecule has 0 fully saturated rings. The summed E-state index contributed by atoms with van der Waals surface area (Å²) in [6, 6.07) is 14.1. The molecule has 0 atom stereocenters. The molecule has 2 aromatic rings. The quantitative estimate of drug-likeness (QED) is 0.730. The van der Waals surface area contributed by atoms with Crippen LogP contribution in [0.15, 0.2) is 42.5 Å². The highest BCUT2D eigenvalue weighted by molar-refractivity contribution is 5.91. The van der Waals surface area contributed by atoms with Crippen molar-refractivity contribution >= 4 is 11.6 Å². The van der Waals surface area contributed by atoms with Crippen molar-refractivity contribution < 1.29 is 9.53 Å². The molecular formula is C20H26N2O2. The van der Waals surface area contributed by atoms with Gasteiger partial charge in [0, 0.05) is 18.7 Å². The van der Waals surface area contributed by atoms with Crippen LogP contribution in [0.1, 0.15) is 23.1 Å². The van der Waals surface area contributed by atoms with Gasteiger partial charge in [0.25, 0.3) is 0 Å². The van der Waals surface area contributed by atoms with Crippen molar-refractivity contribution in [1.29, 1.82) is 0 Å². The van der Waals surface area contributed by atoms with Gasteiger partial charge in [-0.05, 0) is 56.1 Å². The Hall–Kier alpha value is -2.33. The molecule has 1 amide bonds. The lowest BCUT2D eigenvalue weighted by molar-refractivity contribution is -0.116. The van der Waals surface area contributed by atoms with Gasteiger partial charge >= 0.3 is 0 Å². The van der Waals surface area contributed by atoms with Gasteiger partial charge in [-0.15, -0.1) is 0 Å². The monoisotopic (exact) mass is 326 g/mol. The highest BCUT2D eigenvalue weighted by atomic mass is 16.5. The van der Waals surface area contributed by atoms with E-state index in [0.717, 1.165) is 30.0 Å². The Morgan fingerprint density at radius 1 is 1.08 bits per heavy atom. The second-order valence-corrected chi connectivity index (χ2v) is 5.97. The lowest BCUT2D eigenvalue weighted by Gasteiger charge is -2.10. The molecule has 0 aliphatic heterocycles. The normalized spacial score (nSPS) is 10.5. The number of rotatable bonds is 8. The summed E-state index contributed by atoms with van der Waals surface area (Å²) < 4.78 is 5.21. The van der Waals surface area contributed by atoms with Crippen LogP contribution in [0.25, 0.3) is 0 Å². The molecule has 2 N–H and O–H groups in total. The predicted molar refractivity (Wildman–Crippen MR) is 98.7 cm³/mol. The predicted octanol–water partition coefficient (Wildman–Crippen LogP) is 3.47. The third-order valence-electron chi connectivity index (χ3n) is 3.91. The lowest BCUT2D eigenvalue weighted by atomic mass is 10.1. The SMILES string of the molecule is COc1cccc(CCNCCC(=O)Nc2ccc(C)cc2C)c1. The van der Waals surface area contributed by atoms with Crippen LogP contribution in [0.2, 0.25) is 0 Å². The fourth-order valence-electron chi connectivity index (χ4n) is 2.55. The minimum absolute atomic E-state index is 0.0378. The van der Waals surface area contributed by atoms with Gasteiger partial charge in [0.05, 0.1) is 7.11 Å². The number of aryl methyl sites for hydroxylation is 2. The van der Waals surface area contributed by atoms with E-state index >= 15 is 0 Å². The minimum atomic E-state index is 0.0378. The highest BCUT2D eigenvalue weighted by Gasteiger charge is 2.04. The van der Waals surface area contributed by atoms with E-state index in [4.69, 9.17) is 4.74 Å². The fourth-order valence-corrected chi connectivity index (χ4v) is 2.55. The summed E-state index contributed by atoms with van der Waals surface area (Å²) in [6.45, 7) is 5.56. The molecule has 0 aromatic heterocycles. The molecule has 4 heteroatoms. The number of carbonyl (C=O) groups is 1. The van der Waals surface area contributed by atoms with E-state index in [9.17, 15) is 4.79 Å². The van der Waals surface area contributed by atoms with Crippen molar-refractivity contribution in [2.45, 2.75) is 26.7 Å². The molecule has 0 aliphatic carbocycles. The van der Waals surface area contributed by atoms with Crippen molar-refractivity contribution in [3.63, 3.8) is 0 Å². The highest BCUT2D eigenvalue weighted by Crippen LogP contribution is 2.16. The van der Waals surface area contributed by atoms with Gasteiger partial charge < -0.3 is 15.4 Å². The maximum atomic E-state index is 12.0. The molecule has 2 rings (SSSR count). The molecule has 4 nitrogen and oxygen atoms in total. The molecule has 2 aromatic carbocycles. The van der Waals surface area contributed by atoms with Gasteiger partial charge in [0.15, 0.2) is 0 Å². The molecule has 0 saturated heterocycles. The molecule has 0 saturated carbocycles. The van der Waals surface area contributed by atoms with Gasteiger partial charge in [-0.1, -0.05) is 29.8 Å². The van der Waals surface area contributed by atoms with Gasteiger partial charge in [-0.25, -0.2) is 0 Å². The second-order valence-electron chi connectivity index (χ2n) is 5.97. The average molecular weight is 326 g/mol. The van der Waals surface area contributed by atoms with Crippen LogP contribution in [0, 0.1) is 13.8 Å². The molecular weight excluding hydrogens is 300 g/mol. The summed E-state index contributed by atoms with van der Waals surface area (Å²) in [5, 5.41) is 6.28. The number of amides is 1. The Bertz CT molecular complexity index is 683. The molecule has 128 valence electrons. The van der Waals surface area contributed by atoms with Gasteiger partial charge in [-0.3, -0.25) is 4.79 Å². The molecule has 0 unspecified atom stereocenters. The fraction of sp³-hybridized carbons (Fsp3) is 0.350. The third-order valence-corrected chi connectivity index (χ3v) is 3.91. The number of benzene rings is 2. The average Bonchev–Trinajstić information content (AvgIpc) is 2.57. The molecule has 0 bridgehead atoms. The van der Waals surface area contributed by atoms with Crippen molar-refractivity contribution in [1.82, 2.24) is 5.32 Å². The number of hydrogen-bond donors (Lipinski definition) is 2. The summed E-state index contributed by atoms with van der Waals surface area (Å²) in [6.07, 6.45) is 1.38. The van der Waals surface area contributed by atoms with Crippen molar-refractivity contribution in [3.05, 3.63) is 59.2 Å². The topological polar surface area (TPSA) is 50.4 Å². The molecule has 24 heavy (non-hydrogen) atoms. The molecule has 0 radical (unpaired) electrons. The van der Waals surface area contributed by atoms with Crippen LogP contribution < -0.4 is 15.4 Å². The van der Waals surface area contributed by atoms with Crippen LogP contribution >= 0.6 is 0 Å². The van der Waals surface area contributed by atoms with Crippen LogP contribution in [0.5, 0.6) is 5.75 Å². The summed E-state index contributed by atoms with van der Waals surface area (Å²) in [7, 11) is 1.67. The lowest BCUT2D eigenvalue weighted by Crippen LogP contribution is -2.23. The zero-order valence-corrected chi connectivity index (χ0v) is 14.7. The maximum Gasteiger partial charge on any atom is 0.225 e. The summed E-state index contributed by atoms with van der Waals surface area (Å²) in [5.41, 5.74) is 4.41. The second kappa shape index (κ2) is 9.08. The van der Waals surface area contributed by atoms with E-state index < -0.39 is 0 Å². The first-order chi connectivity index (χ1) is 11.6. The van der Waals surface area contributed by atoms with Crippen molar-refractivity contribution in [2.24, 2.45) is 0 Å². The van der Waals surface area contributed by atoms with E-state index in [1.54, 1.807) is 7.11 Å². The van der Waals surface area contributed by atoms with Crippen molar-refractivity contribution in [2.75, 3.05) is 25.5 Å². The van der Waals surface area contributed by atoms with E-state index in [1.807, 2.05) is 44.2 Å². The summed E-state index contributed by atoms with van der Waals surface area (Å²) in [5.74, 6) is 0.913. The van der Waals surface area contributed by atoms with E-state index in [2.05, 4.69) is 22.8 Å². The number of ether oxygens (including phenoxy) is 1. The Morgan fingerprint density at radius 3 is 2.67 bits per heavy atom. The van der Waals surface area contributed by atoms with E-state index in [0.29, 0.717) is 13.0 Å². The minimum Gasteiger partial charge on any atom is -0.497 e. The van der Waals surface area contributed by atoms with Gasteiger partial charge in [0.1, 0.15) is 5.75 Å². The molecule has 0 heterocycles. The zero-order valence-electron chi connectivity index (χ0n) is 14.7. The first-order valence-electron chi connectivity index (χ1n) is 8.29. The largest absolute Gasteiger partial charge is 0.497 e. The standard InChI is InChI=1S/C20H26N2O2/c1-15-7-8-19(16(2)13-15)22-20(23)10-12-21-11-9-17-5-4-6-18(14-17)24-3/h4-8,13-14,21H,9-12H2,1-3H3,(H,22,23). The first kappa shape index (κ1) is 18.0. The summed E-state index contributed by atoms with van der Waals surface area (Å²) >= 11 is 0. The molecule has 0 aliphatic rings. The van der Waals surface area contributed by atoms with Gasteiger partial charge in [0.2, 0.25) is 5.91 Å². The summed E-state index contributed by atoms with van der Waals surface area (Å²) in [4.78, 5) is 12.0. The van der Waals surface area contributed by atoms with Crippen LogP contribution in [-0.4, -0.2) is 26.1 Å². The third kappa shape index (κ3) is 5.70. The Balaban J connectivity index is 1.67. The number of carbonyl (C=O) groups excluding carboxylic acids is 1. The smallest absolute Gasteiger partial charge is 0.225 e. The maximum absolute atomic E-state index is 12.0. The van der Waals surface area contributed by atoms with E-state index in [-0.39, 0.29) is 5.91 Å². The zero-order chi connectivity index (χ0) is 17.4. The van der Waals surface area contributed by atoms with E-state index in [1.165, 1.54) is 11.1 Å². The Kier molecular flexibility index (Phi) is 6.82. The first-order valence-corrected chi connectivity index (χ1v) is 8.29. The van der Waals surface area contributed by atoms with Crippen molar-refractivity contribution in [3.8, 4) is 5.75 Å². The molecule has 0 spiro atoms. The number of methoxy groups -OCH3 is 1. The van der Waals surface area contributed by atoms with Crippen LogP contribution in [-0.2, 0) is 11.2 Å².